The number of alkyl halides is 3. The van der Waals surface area contributed by atoms with Gasteiger partial charge in [0.2, 0.25) is 5.91 Å². The average molecular weight is 447 g/mol. The Kier molecular flexibility index (Phi) is 9.48. The number of amides is 1. The number of carboxylic acids is 1. The fourth-order valence-corrected chi connectivity index (χ4v) is 4.21. The van der Waals surface area contributed by atoms with Gasteiger partial charge in [-0.05, 0) is 68.6 Å². The lowest BCUT2D eigenvalue weighted by atomic mass is 9.97. The van der Waals surface area contributed by atoms with E-state index in [1.165, 1.54) is 43.8 Å². The molecule has 0 radical (unpaired) electrons. The molecule has 1 N–H and O–H groups in total. The van der Waals surface area contributed by atoms with Gasteiger partial charge in [0.15, 0.2) is 0 Å². The quantitative estimate of drug-likeness (QED) is 0.695. The molecule has 3 rings (SSSR count). The molecular weight excluding hydrogens is 417 g/mol. The smallest absolute Gasteiger partial charge is 0.475 e. The molecule has 1 amide bonds. The van der Waals surface area contributed by atoms with Gasteiger partial charge in [-0.25, -0.2) is 4.79 Å². The molecule has 0 aromatic heterocycles. The van der Waals surface area contributed by atoms with Crippen LogP contribution in [0.2, 0.25) is 0 Å². The van der Waals surface area contributed by atoms with Gasteiger partial charge in [0.05, 0.1) is 6.42 Å². The zero-order valence-electron chi connectivity index (χ0n) is 17.2. The second-order valence-corrected chi connectivity index (χ2v) is 8.56. The van der Waals surface area contributed by atoms with Crippen molar-refractivity contribution in [2.24, 2.45) is 5.92 Å². The fourth-order valence-electron chi connectivity index (χ4n) is 3.80. The van der Waals surface area contributed by atoms with Crippen LogP contribution < -0.4 is 0 Å². The Morgan fingerprint density at radius 3 is 2.23 bits per heavy atom. The normalized spacial score (nSPS) is 19.9. The Labute approximate surface area is 179 Å². The summed E-state index contributed by atoms with van der Waals surface area (Å²) in [6, 6.07) is 8.41. The molecule has 1 aromatic carbocycles. The minimum Gasteiger partial charge on any atom is -0.475 e. The third-order valence-electron chi connectivity index (χ3n) is 5.34. The van der Waals surface area contributed by atoms with E-state index >= 15 is 0 Å². The molecule has 0 bridgehead atoms. The van der Waals surface area contributed by atoms with E-state index in [1.54, 1.807) is 11.8 Å². The SMILES string of the molecule is CSc1ccc(CC(=O)N2CCCC(CN3CCCC3)C2)cc1.O=C(O)C(F)(F)F. The van der Waals surface area contributed by atoms with E-state index in [0.29, 0.717) is 18.2 Å². The van der Waals surface area contributed by atoms with Crippen LogP contribution in [0.15, 0.2) is 29.2 Å². The van der Waals surface area contributed by atoms with E-state index in [4.69, 9.17) is 9.90 Å². The molecule has 30 heavy (non-hydrogen) atoms. The molecule has 0 saturated carbocycles. The number of halogens is 3. The van der Waals surface area contributed by atoms with Gasteiger partial charge in [-0.1, -0.05) is 12.1 Å². The van der Waals surface area contributed by atoms with Crippen LogP contribution in [0.4, 0.5) is 13.2 Å². The average Bonchev–Trinajstić information content (AvgIpc) is 3.21. The zero-order chi connectivity index (χ0) is 22.1. The summed E-state index contributed by atoms with van der Waals surface area (Å²) in [5.41, 5.74) is 1.13. The lowest BCUT2D eigenvalue weighted by molar-refractivity contribution is -0.192. The van der Waals surface area contributed by atoms with Crippen LogP contribution >= 0.6 is 11.8 Å². The van der Waals surface area contributed by atoms with Gasteiger partial charge >= 0.3 is 12.1 Å². The summed E-state index contributed by atoms with van der Waals surface area (Å²) in [5.74, 6) is -1.79. The van der Waals surface area contributed by atoms with Crippen molar-refractivity contribution < 1.29 is 27.9 Å². The number of hydrogen-bond acceptors (Lipinski definition) is 4. The standard InChI is InChI=1S/C19H28N2OS.C2HF3O2/c1-23-18-8-6-16(7-9-18)13-19(22)21-12-4-5-17(15-21)14-20-10-2-3-11-20;3-2(4,5)1(6)7/h6-9,17H,2-5,10-15H2,1H3;(H,6,7). The van der Waals surface area contributed by atoms with E-state index in [9.17, 15) is 18.0 Å². The van der Waals surface area contributed by atoms with E-state index < -0.39 is 12.1 Å². The predicted molar refractivity (Wildman–Crippen MR) is 111 cm³/mol. The number of likely N-dealkylation sites (tertiary alicyclic amines) is 2. The Hall–Kier alpha value is -1.74. The van der Waals surface area contributed by atoms with Gasteiger partial charge in [0, 0.05) is 24.5 Å². The molecule has 1 unspecified atom stereocenters. The maximum Gasteiger partial charge on any atom is 0.490 e. The zero-order valence-corrected chi connectivity index (χ0v) is 18.0. The summed E-state index contributed by atoms with van der Waals surface area (Å²) in [5, 5.41) is 7.12. The number of carboxylic acid groups (broad SMARTS) is 1. The van der Waals surface area contributed by atoms with E-state index in [1.807, 2.05) is 0 Å². The maximum atomic E-state index is 12.6. The second kappa shape index (κ2) is 11.6. The number of carbonyl (C=O) groups excluding carboxylic acids is 1. The Bertz CT molecular complexity index is 692. The minimum absolute atomic E-state index is 0.299. The monoisotopic (exact) mass is 446 g/mol. The van der Waals surface area contributed by atoms with Gasteiger partial charge in [-0.2, -0.15) is 13.2 Å². The molecule has 2 heterocycles. The largest absolute Gasteiger partial charge is 0.490 e. The molecule has 5 nitrogen and oxygen atoms in total. The third-order valence-corrected chi connectivity index (χ3v) is 6.09. The van der Waals surface area contributed by atoms with Gasteiger partial charge < -0.3 is 14.9 Å². The molecule has 2 aliphatic heterocycles. The first-order valence-electron chi connectivity index (χ1n) is 10.1. The fraction of sp³-hybridized carbons (Fsp3) is 0.619. The molecule has 0 aliphatic carbocycles. The summed E-state index contributed by atoms with van der Waals surface area (Å²) in [7, 11) is 0. The number of benzene rings is 1. The summed E-state index contributed by atoms with van der Waals surface area (Å²) >= 11 is 1.74. The summed E-state index contributed by atoms with van der Waals surface area (Å²) in [6.45, 7) is 5.60. The number of hydrogen-bond donors (Lipinski definition) is 1. The van der Waals surface area contributed by atoms with Crippen molar-refractivity contribution in [1.82, 2.24) is 9.80 Å². The number of thioether (sulfide) groups is 1. The van der Waals surface area contributed by atoms with Crippen LogP contribution in [0, 0.1) is 5.92 Å². The first kappa shape index (κ1) is 24.5. The number of carbonyl (C=O) groups is 2. The molecule has 9 heteroatoms. The van der Waals surface area contributed by atoms with E-state index in [-0.39, 0.29) is 0 Å². The van der Waals surface area contributed by atoms with Crippen molar-refractivity contribution in [3.8, 4) is 0 Å². The molecule has 168 valence electrons. The summed E-state index contributed by atoms with van der Waals surface area (Å²) in [4.78, 5) is 27.4. The van der Waals surface area contributed by atoms with Crippen LogP contribution in [0.5, 0.6) is 0 Å². The number of aliphatic carboxylic acids is 1. The Morgan fingerprint density at radius 2 is 1.70 bits per heavy atom. The predicted octanol–water partition coefficient (Wildman–Crippen LogP) is 3.92. The van der Waals surface area contributed by atoms with Crippen LogP contribution in [0.25, 0.3) is 0 Å². The maximum absolute atomic E-state index is 12.6. The van der Waals surface area contributed by atoms with Crippen molar-refractivity contribution >= 4 is 23.6 Å². The van der Waals surface area contributed by atoms with Crippen molar-refractivity contribution in [3.63, 3.8) is 0 Å². The lowest BCUT2D eigenvalue weighted by Gasteiger charge is -2.34. The highest BCUT2D eigenvalue weighted by Gasteiger charge is 2.38. The molecule has 1 aromatic rings. The molecular formula is C21H29F3N2O3S. The van der Waals surface area contributed by atoms with Gasteiger partial charge in [0.25, 0.3) is 0 Å². The lowest BCUT2D eigenvalue weighted by Crippen LogP contribution is -2.43. The van der Waals surface area contributed by atoms with Crippen molar-refractivity contribution in [2.75, 3.05) is 39.0 Å². The Balaban J connectivity index is 0.000000396. The molecule has 2 fully saturated rings. The first-order valence-corrected chi connectivity index (χ1v) is 11.3. The molecule has 1 atom stereocenters. The van der Waals surface area contributed by atoms with Crippen molar-refractivity contribution in [1.29, 1.82) is 0 Å². The third kappa shape index (κ3) is 8.18. The molecule has 2 aliphatic rings. The topological polar surface area (TPSA) is 60.9 Å². The minimum atomic E-state index is -5.08. The van der Waals surface area contributed by atoms with Crippen molar-refractivity contribution in [2.45, 2.75) is 43.2 Å². The van der Waals surface area contributed by atoms with Crippen molar-refractivity contribution in [3.05, 3.63) is 29.8 Å². The highest BCUT2D eigenvalue weighted by atomic mass is 32.2. The first-order chi connectivity index (χ1) is 14.2. The van der Waals surface area contributed by atoms with Gasteiger partial charge in [-0.15, -0.1) is 11.8 Å². The number of piperidine rings is 1. The molecule has 0 spiro atoms. The summed E-state index contributed by atoms with van der Waals surface area (Å²) < 4.78 is 31.7. The highest BCUT2D eigenvalue weighted by Crippen LogP contribution is 2.21. The number of nitrogens with zero attached hydrogens (tertiary/aromatic N) is 2. The van der Waals surface area contributed by atoms with Gasteiger partial charge in [-0.3, -0.25) is 4.79 Å². The van der Waals surface area contributed by atoms with Crippen LogP contribution in [0.1, 0.15) is 31.2 Å². The van der Waals surface area contributed by atoms with Crippen LogP contribution in [0.3, 0.4) is 0 Å². The summed E-state index contributed by atoms with van der Waals surface area (Å²) in [6.07, 6.45) is 2.68. The highest BCUT2D eigenvalue weighted by molar-refractivity contribution is 7.98. The van der Waals surface area contributed by atoms with E-state index in [2.05, 4.69) is 40.3 Å². The van der Waals surface area contributed by atoms with Crippen LogP contribution in [-0.4, -0.2) is 71.9 Å². The van der Waals surface area contributed by atoms with Crippen LogP contribution in [-0.2, 0) is 16.0 Å². The van der Waals surface area contributed by atoms with Gasteiger partial charge in [0.1, 0.15) is 0 Å². The number of rotatable bonds is 5. The Morgan fingerprint density at radius 1 is 1.10 bits per heavy atom. The molecule has 2 saturated heterocycles. The van der Waals surface area contributed by atoms with E-state index in [0.717, 1.165) is 25.1 Å². The second-order valence-electron chi connectivity index (χ2n) is 7.68.